The molecule has 2 aliphatic heterocycles. The fourth-order valence-electron chi connectivity index (χ4n) is 5.41. The maximum absolute atomic E-state index is 14.8. The summed E-state index contributed by atoms with van der Waals surface area (Å²) < 4.78 is 80.3. The van der Waals surface area contributed by atoms with Crippen molar-refractivity contribution >= 4 is 34.6 Å². The highest BCUT2D eigenvalue weighted by Gasteiger charge is 2.39. The predicted octanol–water partition coefficient (Wildman–Crippen LogP) is 3.09. The van der Waals surface area contributed by atoms with E-state index in [0.717, 1.165) is 0 Å². The molecule has 12 nitrogen and oxygen atoms in total. The van der Waals surface area contributed by atoms with Gasteiger partial charge in [-0.3, -0.25) is 0 Å². The Hall–Kier alpha value is -2.82. The molecule has 0 aromatic carbocycles. The molecule has 2 saturated heterocycles. The van der Waals surface area contributed by atoms with E-state index in [1.807, 2.05) is 9.80 Å². The van der Waals surface area contributed by atoms with E-state index in [9.17, 15) is 17.6 Å². The largest absolute Gasteiger partial charge is 0.383 e. The minimum Gasteiger partial charge on any atom is -0.383 e. The van der Waals surface area contributed by atoms with Crippen LogP contribution in [0.1, 0.15) is 25.7 Å². The van der Waals surface area contributed by atoms with Crippen LogP contribution in [-0.2, 0) is 18.9 Å². The zero-order chi connectivity index (χ0) is 31.7. The molecule has 0 amide bonds. The average molecular weight is 633 g/mol. The van der Waals surface area contributed by atoms with Gasteiger partial charge in [-0.2, -0.15) is 9.97 Å². The van der Waals surface area contributed by atoms with Crippen molar-refractivity contribution in [1.82, 2.24) is 19.9 Å². The van der Waals surface area contributed by atoms with Crippen molar-refractivity contribution in [2.75, 3.05) is 127 Å². The number of ether oxygens (including phenoxy) is 4. The molecule has 0 unspecified atom stereocenters. The molecule has 2 aromatic heterocycles. The number of alkyl halides is 4. The Morgan fingerprint density at radius 1 is 0.591 bits per heavy atom. The summed E-state index contributed by atoms with van der Waals surface area (Å²) in [5.74, 6) is -5.00. The van der Waals surface area contributed by atoms with Crippen LogP contribution in [0.15, 0.2) is 0 Å². The highest BCUT2D eigenvalue weighted by atomic mass is 19.3. The second-order valence-electron chi connectivity index (χ2n) is 11.1. The van der Waals surface area contributed by atoms with Crippen molar-refractivity contribution in [1.29, 1.82) is 0 Å². The van der Waals surface area contributed by atoms with Gasteiger partial charge in [-0.25, -0.2) is 27.5 Å². The minimum atomic E-state index is -2.93. The first-order valence-electron chi connectivity index (χ1n) is 14.9. The van der Waals surface area contributed by atoms with Crippen LogP contribution in [0.4, 0.5) is 41.1 Å². The molecular weight excluding hydrogens is 588 g/mol. The number of hydrogen-bond donors (Lipinski definition) is 0. The number of fused-ring (bicyclic) bond motifs is 1. The second-order valence-corrected chi connectivity index (χ2v) is 11.1. The molecule has 0 aliphatic carbocycles. The molecule has 4 heterocycles. The lowest BCUT2D eigenvalue weighted by Gasteiger charge is -2.36. The van der Waals surface area contributed by atoms with Gasteiger partial charge in [0, 0.05) is 80.5 Å². The van der Waals surface area contributed by atoms with Gasteiger partial charge in [0.05, 0.1) is 39.5 Å². The number of hydrogen-bond acceptors (Lipinski definition) is 12. The lowest BCUT2D eigenvalue weighted by atomic mass is 10.1. The summed E-state index contributed by atoms with van der Waals surface area (Å²) in [5, 5.41) is 0. The summed E-state index contributed by atoms with van der Waals surface area (Å²) in [5.41, 5.74) is 0.442. The number of halogens is 4. The summed E-state index contributed by atoms with van der Waals surface area (Å²) in [7, 11) is 6.28. The van der Waals surface area contributed by atoms with Crippen molar-refractivity contribution in [3.05, 3.63) is 0 Å². The first kappa shape index (κ1) is 34.1. The highest BCUT2D eigenvalue weighted by Crippen LogP contribution is 2.38. The van der Waals surface area contributed by atoms with E-state index >= 15 is 0 Å². The van der Waals surface area contributed by atoms with Crippen LogP contribution in [0.25, 0.3) is 11.0 Å². The first-order chi connectivity index (χ1) is 21.1. The van der Waals surface area contributed by atoms with Crippen LogP contribution in [0, 0.1) is 0 Å². The van der Waals surface area contributed by atoms with Crippen LogP contribution in [0.5, 0.6) is 0 Å². The molecule has 2 aliphatic rings. The quantitative estimate of drug-likeness (QED) is 0.254. The van der Waals surface area contributed by atoms with Crippen molar-refractivity contribution in [2.24, 2.45) is 0 Å². The number of aromatic nitrogens is 4. The summed E-state index contributed by atoms with van der Waals surface area (Å²) >= 11 is 0. The van der Waals surface area contributed by atoms with E-state index in [4.69, 9.17) is 38.9 Å². The molecule has 0 spiro atoms. The van der Waals surface area contributed by atoms with E-state index in [1.165, 1.54) is 9.80 Å². The number of nitrogens with zero attached hydrogens (tertiary/aromatic N) is 8. The van der Waals surface area contributed by atoms with Crippen LogP contribution >= 0.6 is 0 Å². The predicted molar refractivity (Wildman–Crippen MR) is 160 cm³/mol. The lowest BCUT2D eigenvalue weighted by molar-refractivity contribution is -0.0125. The highest BCUT2D eigenvalue weighted by molar-refractivity contribution is 5.95. The summed E-state index contributed by atoms with van der Waals surface area (Å²) in [4.78, 5) is 26.0. The van der Waals surface area contributed by atoms with Gasteiger partial charge in [-0.15, -0.1) is 0 Å². The maximum atomic E-state index is 14.8. The second kappa shape index (κ2) is 15.5. The fraction of sp³-hybridized carbons (Fsp3) is 0.786. The Bertz CT molecular complexity index is 1110. The van der Waals surface area contributed by atoms with E-state index in [-0.39, 0.29) is 60.2 Å². The molecular formula is C28H44F4N8O4. The Morgan fingerprint density at radius 2 is 0.932 bits per heavy atom. The Balaban J connectivity index is 1.97. The zero-order valence-electron chi connectivity index (χ0n) is 26.0. The third kappa shape index (κ3) is 8.67. The van der Waals surface area contributed by atoms with Gasteiger partial charge in [0.2, 0.25) is 11.9 Å². The van der Waals surface area contributed by atoms with Crippen molar-refractivity contribution < 1.29 is 36.5 Å². The Labute approximate surface area is 255 Å². The fourth-order valence-corrected chi connectivity index (χ4v) is 5.41. The summed E-state index contributed by atoms with van der Waals surface area (Å²) in [6, 6.07) is 0. The number of piperidine rings is 2. The molecule has 0 bridgehead atoms. The standard InChI is InChI=1S/C28H44F4N8O4/c1-41-15-11-37(12-16-42-2)25-33-21-22(23(35-25)39-9-5-7-27(29,30)19-39)34-26(38(13-17-43-3)14-18-44-4)36-24(21)40-10-6-8-28(31,32)20-40/h5-20H2,1-4H3. The first-order valence-corrected chi connectivity index (χ1v) is 14.9. The SMILES string of the molecule is COCCN(CCOC)c1nc(N2CCCC(F)(F)C2)c2nc(N(CCOC)CCOC)nc(N3CCCC(F)(F)C3)c2n1. The monoisotopic (exact) mass is 632 g/mol. The van der Waals surface area contributed by atoms with Crippen LogP contribution in [0.3, 0.4) is 0 Å². The molecule has 0 saturated carbocycles. The van der Waals surface area contributed by atoms with E-state index in [0.29, 0.717) is 65.7 Å². The average Bonchev–Trinajstić information content (AvgIpc) is 2.99. The van der Waals surface area contributed by atoms with E-state index in [1.54, 1.807) is 28.4 Å². The van der Waals surface area contributed by atoms with Gasteiger partial charge < -0.3 is 38.5 Å². The molecule has 2 fully saturated rings. The topological polar surface area (TPSA) is 101 Å². The lowest BCUT2D eigenvalue weighted by Crippen LogP contribution is -2.44. The van der Waals surface area contributed by atoms with Crippen LogP contribution < -0.4 is 19.6 Å². The summed E-state index contributed by atoms with van der Waals surface area (Å²) in [6.07, 6.45) is 0.0380. The number of anilines is 4. The molecule has 0 N–H and O–H groups in total. The molecule has 2 aromatic rings. The Morgan fingerprint density at radius 3 is 1.23 bits per heavy atom. The van der Waals surface area contributed by atoms with Gasteiger partial charge in [-0.05, 0) is 12.8 Å². The van der Waals surface area contributed by atoms with Gasteiger partial charge in [0.15, 0.2) is 11.6 Å². The molecule has 0 atom stereocenters. The third-order valence-electron chi connectivity index (χ3n) is 7.69. The van der Waals surface area contributed by atoms with E-state index in [2.05, 4.69) is 0 Å². The molecule has 4 rings (SSSR count). The van der Waals surface area contributed by atoms with Gasteiger partial charge in [0.25, 0.3) is 11.8 Å². The number of methoxy groups -OCH3 is 4. The van der Waals surface area contributed by atoms with Crippen molar-refractivity contribution in [2.45, 2.75) is 37.5 Å². The van der Waals surface area contributed by atoms with Crippen molar-refractivity contribution in [3.63, 3.8) is 0 Å². The zero-order valence-corrected chi connectivity index (χ0v) is 26.0. The summed E-state index contributed by atoms with van der Waals surface area (Å²) in [6.45, 7) is 2.47. The van der Waals surface area contributed by atoms with Crippen LogP contribution in [0.2, 0.25) is 0 Å². The van der Waals surface area contributed by atoms with E-state index < -0.39 is 24.9 Å². The Kier molecular flexibility index (Phi) is 12.0. The normalized spacial score (nSPS) is 18.2. The molecule has 248 valence electrons. The van der Waals surface area contributed by atoms with Gasteiger partial charge >= 0.3 is 0 Å². The minimum absolute atomic E-state index is 0.205. The molecule has 16 heteroatoms. The van der Waals surface area contributed by atoms with Crippen molar-refractivity contribution in [3.8, 4) is 0 Å². The van der Waals surface area contributed by atoms with Gasteiger partial charge in [-0.1, -0.05) is 0 Å². The van der Waals surface area contributed by atoms with Crippen LogP contribution in [-0.4, -0.2) is 139 Å². The third-order valence-corrected chi connectivity index (χ3v) is 7.69. The smallest absolute Gasteiger partial charge is 0.265 e. The maximum Gasteiger partial charge on any atom is 0.265 e. The number of rotatable bonds is 16. The molecule has 44 heavy (non-hydrogen) atoms. The molecule has 0 radical (unpaired) electrons. The van der Waals surface area contributed by atoms with Gasteiger partial charge in [0.1, 0.15) is 11.0 Å².